The number of nitrogens with zero attached hydrogens (tertiary/aromatic N) is 3. The maximum Gasteiger partial charge on any atom is 0.328 e. The van der Waals surface area contributed by atoms with E-state index in [2.05, 4.69) is 15.0 Å². The fraction of sp³-hybridized carbons (Fsp3) is 0.483. The Morgan fingerprint density at radius 3 is 1.58 bits per heavy atom. The summed E-state index contributed by atoms with van der Waals surface area (Å²) in [6.07, 6.45) is -16.3. The van der Waals surface area contributed by atoms with Crippen molar-refractivity contribution in [3.63, 3.8) is 0 Å². The molecule has 5 rings (SSSR count). The van der Waals surface area contributed by atoms with Crippen molar-refractivity contribution in [2.45, 2.75) is 74.6 Å². The highest BCUT2D eigenvalue weighted by Gasteiger charge is 2.51. The molecule has 0 bridgehead atoms. The summed E-state index contributed by atoms with van der Waals surface area (Å²) in [5, 5.41) is 71.7. The van der Waals surface area contributed by atoms with Crippen LogP contribution in [0.3, 0.4) is 0 Å². The lowest BCUT2D eigenvalue weighted by atomic mass is 9.97. The zero-order chi connectivity index (χ0) is 31.9. The molecule has 0 radical (unpaired) electrons. The normalized spacial score (nSPS) is 31.7. The number of hydrogen-bond donors (Lipinski definition) is 7. The van der Waals surface area contributed by atoms with E-state index >= 15 is 0 Å². The molecule has 7 N–H and O–H groups in total. The van der Waals surface area contributed by atoms with Crippen LogP contribution in [0.1, 0.15) is 11.1 Å². The Hall–Kier alpha value is -3.55. The van der Waals surface area contributed by atoms with Gasteiger partial charge in [-0.3, -0.25) is 0 Å². The lowest BCUT2D eigenvalue weighted by Gasteiger charge is -2.45. The van der Waals surface area contributed by atoms with Crippen LogP contribution < -0.4 is 14.2 Å². The molecule has 0 saturated carbocycles. The average Bonchev–Trinajstić information content (AvgIpc) is 3.07. The SMILES string of the molecule is OC[C@H]1O[C@@H](O[C@H]2[C@H](O)[C@@H](O)[C@@H](Oc3nc(OCc4ccccc4)nc(OCc4ccccc4)n3)O[C@@H]2CO)[C@H](O)[C@@H](O)[C@H]1O. The second-order valence-electron chi connectivity index (χ2n) is 10.4. The van der Waals surface area contributed by atoms with E-state index in [9.17, 15) is 35.7 Å². The third kappa shape index (κ3) is 8.00. The Bertz CT molecular complexity index is 1280. The summed E-state index contributed by atoms with van der Waals surface area (Å²) in [7, 11) is 0. The fourth-order valence-corrected chi connectivity index (χ4v) is 4.70. The minimum atomic E-state index is -1.82. The molecular weight excluding hydrogens is 598 g/mol. The van der Waals surface area contributed by atoms with Crippen molar-refractivity contribution in [1.29, 1.82) is 0 Å². The Morgan fingerprint density at radius 1 is 0.556 bits per heavy atom. The summed E-state index contributed by atoms with van der Waals surface area (Å²) < 4.78 is 33.7. The van der Waals surface area contributed by atoms with Gasteiger partial charge in [-0.1, -0.05) is 60.7 Å². The van der Waals surface area contributed by atoms with Gasteiger partial charge in [0.2, 0.25) is 6.29 Å². The highest BCUT2D eigenvalue weighted by molar-refractivity contribution is 5.17. The van der Waals surface area contributed by atoms with Crippen molar-refractivity contribution < 1.29 is 64.2 Å². The lowest BCUT2D eigenvalue weighted by Crippen LogP contribution is -2.65. The molecule has 3 aromatic rings. The van der Waals surface area contributed by atoms with E-state index in [1.54, 1.807) is 0 Å². The van der Waals surface area contributed by atoms with Crippen LogP contribution in [-0.2, 0) is 27.4 Å². The summed E-state index contributed by atoms with van der Waals surface area (Å²) in [5.74, 6) is 0. The molecule has 2 fully saturated rings. The van der Waals surface area contributed by atoms with E-state index in [0.29, 0.717) is 0 Å². The van der Waals surface area contributed by atoms with Crippen molar-refractivity contribution in [3.05, 3.63) is 71.8 Å². The highest BCUT2D eigenvalue weighted by Crippen LogP contribution is 2.30. The minimum absolute atomic E-state index is 0.104. The van der Waals surface area contributed by atoms with Gasteiger partial charge in [0.1, 0.15) is 62.0 Å². The van der Waals surface area contributed by atoms with E-state index in [1.807, 2.05) is 60.7 Å². The van der Waals surface area contributed by atoms with E-state index in [-0.39, 0.29) is 25.2 Å². The fourth-order valence-electron chi connectivity index (χ4n) is 4.70. The molecule has 3 heterocycles. The van der Waals surface area contributed by atoms with Crippen molar-refractivity contribution in [3.8, 4) is 18.0 Å². The number of aliphatic hydroxyl groups is 7. The van der Waals surface area contributed by atoms with Gasteiger partial charge in [-0.15, -0.1) is 15.0 Å². The molecule has 0 spiro atoms. The van der Waals surface area contributed by atoms with Gasteiger partial charge < -0.3 is 64.2 Å². The van der Waals surface area contributed by atoms with Crippen LogP contribution in [0.25, 0.3) is 0 Å². The lowest BCUT2D eigenvalue weighted by molar-refractivity contribution is -0.352. The van der Waals surface area contributed by atoms with Crippen molar-refractivity contribution in [2.24, 2.45) is 0 Å². The molecule has 0 unspecified atom stereocenters. The van der Waals surface area contributed by atoms with Crippen molar-refractivity contribution in [1.82, 2.24) is 15.0 Å². The maximum atomic E-state index is 10.9. The van der Waals surface area contributed by atoms with E-state index in [4.69, 9.17) is 28.4 Å². The molecule has 10 atom stereocenters. The largest absolute Gasteiger partial charge is 0.458 e. The van der Waals surface area contributed by atoms with Gasteiger partial charge in [0.25, 0.3) is 0 Å². The van der Waals surface area contributed by atoms with Gasteiger partial charge in [0, 0.05) is 0 Å². The molecule has 45 heavy (non-hydrogen) atoms. The molecular formula is C29H35N3O13. The third-order valence-corrected chi connectivity index (χ3v) is 7.18. The first kappa shape index (κ1) is 32.8. The smallest absolute Gasteiger partial charge is 0.328 e. The van der Waals surface area contributed by atoms with Gasteiger partial charge >= 0.3 is 18.0 Å². The van der Waals surface area contributed by atoms with Crippen LogP contribution >= 0.6 is 0 Å². The van der Waals surface area contributed by atoms with Crippen LogP contribution in [0.4, 0.5) is 0 Å². The Balaban J connectivity index is 1.31. The molecule has 16 nitrogen and oxygen atoms in total. The first-order valence-corrected chi connectivity index (χ1v) is 14.1. The number of rotatable bonds is 12. The quantitative estimate of drug-likeness (QED) is 0.115. The molecule has 2 aromatic carbocycles. The van der Waals surface area contributed by atoms with Crippen molar-refractivity contribution in [2.75, 3.05) is 13.2 Å². The van der Waals surface area contributed by atoms with Crippen molar-refractivity contribution >= 4 is 0 Å². The van der Waals surface area contributed by atoms with Crippen LogP contribution in [0.2, 0.25) is 0 Å². The predicted molar refractivity (Wildman–Crippen MR) is 148 cm³/mol. The van der Waals surface area contributed by atoms with Crippen LogP contribution in [0, 0.1) is 0 Å². The maximum absolute atomic E-state index is 10.9. The number of aliphatic hydroxyl groups excluding tert-OH is 7. The number of hydrogen-bond acceptors (Lipinski definition) is 16. The van der Waals surface area contributed by atoms with Gasteiger partial charge in [-0.25, -0.2) is 0 Å². The first-order chi connectivity index (χ1) is 21.8. The molecule has 16 heteroatoms. The van der Waals surface area contributed by atoms with E-state index in [1.165, 1.54) is 0 Å². The second-order valence-corrected chi connectivity index (χ2v) is 10.4. The summed E-state index contributed by atoms with van der Waals surface area (Å²) in [5.41, 5.74) is 1.66. The standard InChI is InChI=1S/C29H35N3O13/c33-11-17-19(35)20(36)22(38)25(42-17)44-24-18(12-34)43-26(23(39)21(24)37)45-29-31-27(40-13-15-7-3-1-4-8-15)30-28(32-29)41-14-16-9-5-2-6-10-16/h1-10,17-26,33-39H,11-14H2/t17-,18-,19+,20+,21-,22-,23-,24-,25+,26-/m1/s1. The van der Waals surface area contributed by atoms with Gasteiger partial charge in [-0.2, -0.15) is 0 Å². The monoisotopic (exact) mass is 633 g/mol. The first-order valence-electron chi connectivity index (χ1n) is 14.1. The van der Waals surface area contributed by atoms with E-state index < -0.39 is 80.6 Å². The number of aromatic nitrogens is 3. The molecule has 2 saturated heterocycles. The molecule has 0 amide bonds. The van der Waals surface area contributed by atoms with Crippen LogP contribution in [-0.4, -0.2) is 125 Å². The number of benzene rings is 2. The number of ether oxygens (including phenoxy) is 6. The van der Waals surface area contributed by atoms with Gasteiger partial charge in [0.05, 0.1) is 13.2 Å². The predicted octanol–water partition coefficient (Wildman–Crippen LogP) is -1.97. The topological polar surface area (TPSA) is 236 Å². The average molecular weight is 634 g/mol. The summed E-state index contributed by atoms with van der Waals surface area (Å²) in [4.78, 5) is 12.4. The second kappa shape index (κ2) is 15.2. The zero-order valence-corrected chi connectivity index (χ0v) is 23.8. The minimum Gasteiger partial charge on any atom is -0.458 e. The molecule has 2 aliphatic rings. The summed E-state index contributed by atoms with van der Waals surface area (Å²) >= 11 is 0. The highest BCUT2D eigenvalue weighted by atomic mass is 16.7. The molecule has 1 aromatic heterocycles. The molecule has 2 aliphatic heterocycles. The summed E-state index contributed by atoms with van der Waals surface area (Å²) in [6, 6.07) is 17.7. The Labute approximate surface area is 257 Å². The van der Waals surface area contributed by atoms with Gasteiger partial charge in [0.15, 0.2) is 6.29 Å². The Kier molecular flexibility index (Phi) is 11.1. The molecule has 244 valence electrons. The third-order valence-electron chi connectivity index (χ3n) is 7.18. The summed E-state index contributed by atoms with van der Waals surface area (Å²) in [6.45, 7) is -1.25. The van der Waals surface area contributed by atoms with E-state index in [0.717, 1.165) is 11.1 Å². The Morgan fingerprint density at radius 2 is 1.04 bits per heavy atom. The van der Waals surface area contributed by atoms with Crippen LogP contribution in [0.15, 0.2) is 60.7 Å². The zero-order valence-electron chi connectivity index (χ0n) is 23.8. The van der Waals surface area contributed by atoms with Crippen LogP contribution in [0.5, 0.6) is 18.0 Å². The van der Waals surface area contributed by atoms with Gasteiger partial charge in [-0.05, 0) is 11.1 Å². The molecule has 0 aliphatic carbocycles.